The van der Waals surface area contributed by atoms with E-state index in [1.165, 1.54) is 111 Å². The average molecular weight is 1120 g/mol. The molecule has 2 saturated carbocycles. The molecule has 0 saturated heterocycles. The van der Waals surface area contributed by atoms with Crippen molar-refractivity contribution in [3.05, 3.63) is 151 Å². The number of aromatic nitrogens is 5. The van der Waals surface area contributed by atoms with Crippen molar-refractivity contribution < 1.29 is 29.1 Å². The maximum absolute atomic E-state index is 12.2. The van der Waals surface area contributed by atoms with Crippen LogP contribution in [0.4, 0.5) is 0 Å². The van der Waals surface area contributed by atoms with Crippen molar-refractivity contribution in [2.24, 2.45) is 5.92 Å². The molecule has 3 N–H and O–H groups in total. The van der Waals surface area contributed by atoms with E-state index in [1.54, 1.807) is 40.9 Å². The standard InChI is InChI=1S/C30H29N3O2S.C17H19BrO2.C14H13BN2O2S/c1-17-29(36-18(2)31-17)25-14-10-20-15-21(11-13-24(20)32-25)28-27(19-7-5-4-6-8-19)23-12-9-22(30(34)35-3)16-26(23)33-28;1-20-17(19)12-7-8-14-13(9-12)10-15(18)16(14)11-5-3-2-4-6-11;1-8-14(20-9(2)16-8)13-5-3-10-7-11(15(18)19)4-6-12(10)17-13/h9-16,19,33H,4-8H2,1-3H3;7-9,11H,2-6,10H2,1H3;3-7,18-19H,1-2H3. The zero-order valence-corrected chi connectivity index (χ0v) is 47.0. The van der Waals surface area contributed by atoms with Crippen molar-refractivity contribution in [2.75, 3.05) is 14.2 Å². The number of benzene rings is 4. The molecule has 4 aromatic carbocycles. The summed E-state index contributed by atoms with van der Waals surface area (Å²) in [6, 6.07) is 31.7. The Morgan fingerprint density at radius 1 is 0.632 bits per heavy atom. The normalized spacial score (nSPS) is 14.8. The van der Waals surface area contributed by atoms with Crippen molar-refractivity contribution >= 4 is 101 Å². The number of nitrogens with one attached hydrogen (secondary N) is 1. The van der Waals surface area contributed by atoms with E-state index in [-0.39, 0.29) is 11.9 Å². The molecule has 388 valence electrons. The van der Waals surface area contributed by atoms with Crippen LogP contribution in [0.3, 0.4) is 0 Å². The number of thiazole rings is 2. The number of carbonyl (C=O) groups is 2. The predicted octanol–water partition coefficient (Wildman–Crippen LogP) is 14.3. The van der Waals surface area contributed by atoms with E-state index in [4.69, 9.17) is 14.5 Å². The maximum Gasteiger partial charge on any atom is 0.488 e. The molecule has 3 aliphatic carbocycles. The number of aromatic amines is 1. The van der Waals surface area contributed by atoms with Crippen molar-refractivity contribution in [1.29, 1.82) is 0 Å². The van der Waals surface area contributed by atoms with Gasteiger partial charge in [0.2, 0.25) is 0 Å². The Hall–Kier alpha value is -6.36. The van der Waals surface area contributed by atoms with Crippen LogP contribution in [0, 0.1) is 33.6 Å². The summed E-state index contributed by atoms with van der Waals surface area (Å²) in [6.07, 6.45) is 13.8. The fourth-order valence-corrected chi connectivity index (χ4v) is 14.0. The number of fused-ring (bicyclic) bond motifs is 4. The number of hydrogen-bond donors (Lipinski definition) is 3. The Kier molecular flexibility index (Phi) is 16.1. The Balaban J connectivity index is 0.000000140. The fraction of sp³-hybridized carbons (Fsp3) is 0.311. The number of rotatable bonds is 8. The minimum absolute atomic E-state index is 0.255. The number of aryl methyl sites for hydroxylation is 4. The van der Waals surface area contributed by atoms with Crippen LogP contribution in [-0.2, 0) is 15.9 Å². The Morgan fingerprint density at radius 3 is 1.75 bits per heavy atom. The number of H-pyrrole nitrogens is 1. The largest absolute Gasteiger partial charge is 0.488 e. The van der Waals surface area contributed by atoms with Gasteiger partial charge < -0.3 is 24.5 Å². The number of ether oxygens (including phenoxy) is 2. The third-order valence-corrected chi connectivity index (χ3v) is 17.9. The lowest BCUT2D eigenvalue weighted by atomic mass is 9.80. The fourth-order valence-electron chi connectivity index (χ4n) is 11.4. The van der Waals surface area contributed by atoms with Gasteiger partial charge in [-0.25, -0.2) is 29.5 Å². The van der Waals surface area contributed by atoms with Gasteiger partial charge in [-0.3, -0.25) is 0 Å². The lowest BCUT2D eigenvalue weighted by Gasteiger charge is -2.24. The van der Waals surface area contributed by atoms with Gasteiger partial charge in [-0.2, -0.15) is 0 Å². The molecule has 2 fully saturated rings. The molecule has 5 heterocycles. The van der Waals surface area contributed by atoms with E-state index in [0.29, 0.717) is 28.4 Å². The smallest absolute Gasteiger partial charge is 0.465 e. The van der Waals surface area contributed by atoms with E-state index >= 15 is 0 Å². The molecule has 11 nitrogen and oxygen atoms in total. The summed E-state index contributed by atoms with van der Waals surface area (Å²) in [4.78, 5) is 48.3. The average Bonchev–Trinajstić information content (AvgIpc) is 4.22. The maximum atomic E-state index is 12.2. The molecular formula is C61H61BBrN5O6S2. The number of allylic oxidation sites excluding steroid dienone is 2. The zero-order chi connectivity index (χ0) is 53.2. The first-order valence-corrected chi connectivity index (χ1v) is 28.6. The van der Waals surface area contributed by atoms with Gasteiger partial charge in [0.25, 0.3) is 0 Å². The number of nitrogens with zero attached hydrogens (tertiary/aromatic N) is 4. The van der Waals surface area contributed by atoms with Crippen LogP contribution in [0.1, 0.15) is 129 Å². The summed E-state index contributed by atoms with van der Waals surface area (Å²) < 4.78 is 11.1. The molecule has 0 amide bonds. The quantitative estimate of drug-likeness (QED) is 0.0987. The first kappa shape index (κ1) is 53.1. The van der Waals surface area contributed by atoms with Crippen molar-refractivity contribution in [3.63, 3.8) is 0 Å². The van der Waals surface area contributed by atoms with Crippen LogP contribution in [-0.4, -0.2) is 68.2 Å². The van der Waals surface area contributed by atoms with Gasteiger partial charge in [-0.05, 0) is 158 Å². The first-order valence-electron chi connectivity index (χ1n) is 26.2. The van der Waals surface area contributed by atoms with Gasteiger partial charge in [0, 0.05) is 32.9 Å². The third-order valence-electron chi connectivity index (χ3n) is 15.0. The van der Waals surface area contributed by atoms with Crippen LogP contribution < -0.4 is 5.46 Å². The monoisotopic (exact) mass is 1110 g/mol. The molecular weight excluding hydrogens is 1050 g/mol. The van der Waals surface area contributed by atoms with E-state index in [9.17, 15) is 19.6 Å². The van der Waals surface area contributed by atoms with Crippen molar-refractivity contribution in [1.82, 2.24) is 24.9 Å². The second-order valence-electron chi connectivity index (χ2n) is 20.1. The summed E-state index contributed by atoms with van der Waals surface area (Å²) in [5.41, 5.74) is 16.1. The number of carbonyl (C=O) groups excluding carboxylic acids is 2. The number of pyridine rings is 2. The van der Waals surface area contributed by atoms with E-state index in [0.717, 1.165) is 87.5 Å². The minimum atomic E-state index is -1.45. The van der Waals surface area contributed by atoms with Crippen LogP contribution in [0.25, 0.3) is 70.7 Å². The number of esters is 2. The van der Waals surface area contributed by atoms with E-state index in [2.05, 4.69) is 78.3 Å². The van der Waals surface area contributed by atoms with Gasteiger partial charge in [0.15, 0.2) is 0 Å². The van der Waals surface area contributed by atoms with Gasteiger partial charge >= 0.3 is 19.1 Å². The Morgan fingerprint density at radius 2 is 1.18 bits per heavy atom. The number of methoxy groups -OCH3 is 2. The highest BCUT2D eigenvalue weighted by molar-refractivity contribution is 9.11. The Labute approximate surface area is 460 Å². The molecule has 9 aromatic rings. The van der Waals surface area contributed by atoms with Gasteiger partial charge in [0.05, 0.1) is 78.9 Å². The predicted molar refractivity (Wildman–Crippen MR) is 313 cm³/mol. The molecule has 0 atom stereocenters. The second-order valence-corrected chi connectivity index (χ2v) is 23.5. The van der Waals surface area contributed by atoms with Crippen LogP contribution in [0.2, 0.25) is 0 Å². The topological polar surface area (TPSA) is 160 Å². The van der Waals surface area contributed by atoms with Gasteiger partial charge in [0.1, 0.15) is 0 Å². The highest BCUT2D eigenvalue weighted by atomic mass is 79.9. The minimum Gasteiger partial charge on any atom is -0.465 e. The Bertz CT molecular complexity index is 3680. The number of halogens is 1. The summed E-state index contributed by atoms with van der Waals surface area (Å²) in [7, 11) is 1.40. The van der Waals surface area contributed by atoms with E-state index in [1.807, 2.05) is 64.1 Å². The molecule has 0 aliphatic heterocycles. The molecule has 0 radical (unpaired) electrons. The zero-order valence-electron chi connectivity index (χ0n) is 43.8. The second kappa shape index (κ2) is 23.1. The van der Waals surface area contributed by atoms with Crippen LogP contribution in [0.15, 0.2) is 102 Å². The summed E-state index contributed by atoms with van der Waals surface area (Å²) in [5.74, 6) is 0.629. The SMILES string of the molecule is COC(=O)c1ccc2c(C3CCCCC3)c(-c3ccc4nc(-c5sc(C)nc5C)ccc4c3)[nH]c2c1.COC(=O)c1ccc2c(c1)CC(Br)=C2C1CCCCC1.Cc1nc(C)c(-c2ccc3cc(B(O)O)ccc3n2)s1. The van der Waals surface area contributed by atoms with Gasteiger partial charge in [-0.15, -0.1) is 22.7 Å². The molecule has 0 spiro atoms. The molecule has 12 rings (SSSR count). The molecule has 0 unspecified atom stereocenters. The summed E-state index contributed by atoms with van der Waals surface area (Å²) >= 11 is 7.08. The van der Waals surface area contributed by atoms with Crippen molar-refractivity contribution in [2.45, 2.75) is 104 Å². The lowest BCUT2D eigenvalue weighted by Crippen LogP contribution is -2.29. The first-order chi connectivity index (χ1) is 36.8. The summed E-state index contributed by atoms with van der Waals surface area (Å²) in [5, 5.41) is 23.7. The summed E-state index contributed by atoms with van der Waals surface area (Å²) in [6.45, 7) is 8.04. The van der Waals surface area contributed by atoms with Crippen LogP contribution >= 0.6 is 38.6 Å². The van der Waals surface area contributed by atoms with Crippen molar-refractivity contribution in [3.8, 4) is 32.4 Å². The van der Waals surface area contributed by atoms with Gasteiger partial charge in [-0.1, -0.05) is 96.9 Å². The molecule has 3 aliphatic rings. The third kappa shape index (κ3) is 11.2. The highest BCUT2D eigenvalue weighted by Crippen LogP contribution is 2.46. The lowest BCUT2D eigenvalue weighted by molar-refractivity contribution is 0.0592. The molecule has 76 heavy (non-hydrogen) atoms. The molecule has 15 heteroatoms. The van der Waals surface area contributed by atoms with E-state index < -0.39 is 7.12 Å². The highest BCUT2D eigenvalue weighted by Gasteiger charge is 2.29. The molecule has 0 bridgehead atoms. The number of hydrogen-bond acceptors (Lipinski definition) is 12. The van der Waals surface area contributed by atoms with Crippen LogP contribution in [0.5, 0.6) is 0 Å². The molecule has 5 aromatic heterocycles.